The maximum Gasteiger partial charge on any atom is 0.325 e. The van der Waals surface area contributed by atoms with Crippen LogP contribution in [0.25, 0.3) is 0 Å². The summed E-state index contributed by atoms with van der Waals surface area (Å²) in [6.45, 7) is 5.04. The highest BCUT2D eigenvalue weighted by atomic mass is 16.5. The Hall–Kier alpha value is -1.10. The molecule has 0 N–H and O–H groups in total. The lowest BCUT2D eigenvalue weighted by atomic mass is 10.3. The fourth-order valence-electron chi connectivity index (χ4n) is 1.73. The van der Waals surface area contributed by atoms with Gasteiger partial charge in [-0.25, -0.2) is 0 Å². The SMILES string of the molecule is CCOC(=O)CN(CCOC)C(=O)C1CC1C. The third-order valence-electron chi connectivity index (χ3n) is 2.93. The number of hydrogen-bond donors (Lipinski definition) is 0. The van der Waals surface area contributed by atoms with Gasteiger partial charge in [0.25, 0.3) is 0 Å². The van der Waals surface area contributed by atoms with Gasteiger partial charge in [-0.2, -0.15) is 0 Å². The lowest BCUT2D eigenvalue weighted by molar-refractivity contribution is -0.149. The average Bonchev–Trinajstić information content (AvgIpc) is 3.01. The molecular formula is C12H21NO4. The van der Waals surface area contributed by atoms with Gasteiger partial charge in [-0.15, -0.1) is 0 Å². The number of rotatable bonds is 7. The molecule has 5 nitrogen and oxygen atoms in total. The zero-order valence-corrected chi connectivity index (χ0v) is 10.8. The molecule has 1 fully saturated rings. The lowest BCUT2D eigenvalue weighted by Gasteiger charge is -2.21. The Bertz CT molecular complexity index is 280. The maximum absolute atomic E-state index is 12.0. The van der Waals surface area contributed by atoms with Crippen LogP contribution < -0.4 is 0 Å². The Labute approximate surface area is 102 Å². The van der Waals surface area contributed by atoms with Gasteiger partial charge in [0.05, 0.1) is 13.2 Å². The summed E-state index contributed by atoms with van der Waals surface area (Å²) in [6.07, 6.45) is 0.922. The quantitative estimate of drug-likeness (QED) is 0.617. The number of hydrogen-bond acceptors (Lipinski definition) is 4. The summed E-state index contributed by atoms with van der Waals surface area (Å²) in [5.74, 6) is 0.212. The largest absolute Gasteiger partial charge is 0.465 e. The molecule has 17 heavy (non-hydrogen) atoms. The number of methoxy groups -OCH3 is 1. The van der Waals surface area contributed by atoms with Crippen molar-refractivity contribution in [2.75, 3.05) is 33.4 Å². The maximum atomic E-state index is 12.0. The van der Waals surface area contributed by atoms with Gasteiger partial charge < -0.3 is 14.4 Å². The van der Waals surface area contributed by atoms with E-state index in [0.717, 1.165) is 6.42 Å². The van der Waals surface area contributed by atoms with E-state index in [9.17, 15) is 9.59 Å². The van der Waals surface area contributed by atoms with Gasteiger partial charge in [-0.05, 0) is 19.3 Å². The summed E-state index contributed by atoms with van der Waals surface area (Å²) >= 11 is 0. The van der Waals surface area contributed by atoms with Crippen LogP contribution in [0.4, 0.5) is 0 Å². The molecule has 98 valence electrons. The smallest absolute Gasteiger partial charge is 0.325 e. The van der Waals surface area contributed by atoms with Crippen LogP contribution in [0.3, 0.4) is 0 Å². The molecule has 2 atom stereocenters. The molecule has 1 rings (SSSR count). The molecule has 1 aliphatic carbocycles. The Morgan fingerprint density at radius 1 is 1.41 bits per heavy atom. The Morgan fingerprint density at radius 2 is 2.06 bits per heavy atom. The van der Waals surface area contributed by atoms with Gasteiger partial charge >= 0.3 is 5.97 Å². The van der Waals surface area contributed by atoms with Crippen molar-refractivity contribution >= 4 is 11.9 Å². The summed E-state index contributed by atoms with van der Waals surface area (Å²) in [5.41, 5.74) is 0. The Morgan fingerprint density at radius 3 is 2.53 bits per heavy atom. The molecule has 0 radical (unpaired) electrons. The van der Waals surface area contributed by atoms with E-state index in [2.05, 4.69) is 0 Å². The first-order chi connectivity index (χ1) is 8.10. The normalized spacial score (nSPS) is 22.1. The van der Waals surface area contributed by atoms with E-state index in [0.29, 0.717) is 25.7 Å². The molecule has 0 spiro atoms. The van der Waals surface area contributed by atoms with Crippen molar-refractivity contribution < 1.29 is 19.1 Å². The monoisotopic (exact) mass is 243 g/mol. The summed E-state index contributed by atoms with van der Waals surface area (Å²) in [7, 11) is 1.58. The standard InChI is InChI=1S/C12H21NO4/c1-4-17-11(14)8-13(5-6-16-3)12(15)10-7-9(10)2/h9-10H,4-8H2,1-3H3. The number of carbonyl (C=O) groups is 2. The highest BCUT2D eigenvalue weighted by Crippen LogP contribution is 2.39. The van der Waals surface area contributed by atoms with Crippen molar-refractivity contribution in [1.29, 1.82) is 0 Å². The first-order valence-electron chi connectivity index (χ1n) is 6.03. The molecular weight excluding hydrogens is 222 g/mol. The van der Waals surface area contributed by atoms with Crippen LogP contribution in [0.2, 0.25) is 0 Å². The highest BCUT2D eigenvalue weighted by molar-refractivity contribution is 5.85. The van der Waals surface area contributed by atoms with Gasteiger partial charge in [0.15, 0.2) is 0 Å². The minimum Gasteiger partial charge on any atom is -0.465 e. The molecule has 1 saturated carbocycles. The second kappa shape index (κ2) is 6.59. The topological polar surface area (TPSA) is 55.8 Å². The van der Waals surface area contributed by atoms with E-state index in [1.165, 1.54) is 4.90 Å². The minimum absolute atomic E-state index is 0.0270. The van der Waals surface area contributed by atoms with Crippen LogP contribution in [0.5, 0.6) is 0 Å². The van der Waals surface area contributed by atoms with E-state index < -0.39 is 0 Å². The number of esters is 1. The predicted molar refractivity (Wildman–Crippen MR) is 62.4 cm³/mol. The first kappa shape index (κ1) is 14.0. The molecule has 1 amide bonds. The summed E-state index contributed by atoms with van der Waals surface area (Å²) in [5, 5.41) is 0. The molecule has 0 aromatic carbocycles. The van der Waals surface area contributed by atoms with Crippen molar-refractivity contribution in [1.82, 2.24) is 4.90 Å². The van der Waals surface area contributed by atoms with Crippen LogP contribution in [0.15, 0.2) is 0 Å². The third-order valence-corrected chi connectivity index (χ3v) is 2.93. The molecule has 0 bridgehead atoms. The van der Waals surface area contributed by atoms with Crippen LogP contribution in [-0.4, -0.2) is 50.2 Å². The summed E-state index contributed by atoms with van der Waals surface area (Å²) < 4.78 is 9.80. The Kier molecular flexibility index (Phi) is 5.41. The van der Waals surface area contributed by atoms with Crippen LogP contribution in [0.1, 0.15) is 20.3 Å². The van der Waals surface area contributed by atoms with E-state index >= 15 is 0 Å². The first-order valence-corrected chi connectivity index (χ1v) is 6.03. The van der Waals surface area contributed by atoms with Crippen molar-refractivity contribution in [2.45, 2.75) is 20.3 Å². The molecule has 0 heterocycles. The van der Waals surface area contributed by atoms with Crippen molar-refractivity contribution in [3.8, 4) is 0 Å². The number of carbonyl (C=O) groups excluding carboxylic acids is 2. The van der Waals surface area contributed by atoms with Crippen molar-refractivity contribution in [2.24, 2.45) is 11.8 Å². The van der Waals surface area contributed by atoms with Gasteiger partial charge in [-0.3, -0.25) is 9.59 Å². The van der Waals surface area contributed by atoms with E-state index in [-0.39, 0.29) is 24.3 Å². The van der Waals surface area contributed by atoms with Crippen LogP contribution in [-0.2, 0) is 19.1 Å². The Balaban J connectivity index is 2.47. The van der Waals surface area contributed by atoms with Gasteiger partial charge in [0, 0.05) is 19.6 Å². The molecule has 0 aliphatic heterocycles. The van der Waals surface area contributed by atoms with Crippen molar-refractivity contribution in [3.05, 3.63) is 0 Å². The number of amides is 1. The van der Waals surface area contributed by atoms with Crippen LogP contribution >= 0.6 is 0 Å². The van der Waals surface area contributed by atoms with E-state index in [4.69, 9.17) is 9.47 Å². The molecule has 0 saturated heterocycles. The second-order valence-corrected chi connectivity index (χ2v) is 4.38. The minimum atomic E-state index is -0.356. The lowest BCUT2D eigenvalue weighted by Crippen LogP contribution is -2.39. The zero-order chi connectivity index (χ0) is 12.8. The third kappa shape index (κ3) is 4.34. The van der Waals surface area contributed by atoms with Gasteiger partial charge in [0.2, 0.25) is 5.91 Å². The molecule has 0 aromatic heterocycles. The summed E-state index contributed by atoms with van der Waals surface area (Å²) in [4.78, 5) is 25.0. The van der Waals surface area contributed by atoms with Gasteiger partial charge in [0.1, 0.15) is 6.54 Å². The van der Waals surface area contributed by atoms with E-state index in [1.807, 2.05) is 6.92 Å². The van der Waals surface area contributed by atoms with E-state index in [1.54, 1.807) is 14.0 Å². The summed E-state index contributed by atoms with van der Waals surface area (Å²) in [6, 6.07) is 0. The number of nitrogens with zero attached hydrogens (tertiary/aromatic N) is 1. The van der Waals surface area contributed by atoms with Crippen LogP contribution in [0, 0.1) is 11.8 Å². The van der Waals surface area contributed by atoms with Crippen molar-refractivity contribution in [3.63, 3.8) is 0 Å². The molecule has 1 aliphatic rings. The number of ether oxygens (including phenoxy) is 2. The molecule has 0 aromatic rings. The fourth-order valence-corrected chi connectivity index (χ4v) is 1.73. The predicted octanol–water partition coefficient (Wildman–Crippen LogP) is 0.680. The fraction of sp³-hybridized carbons (Fsp3) is 0.833. The second-order valence-electron chi connectivity index (χ2n) is 4.38. The molecule has 5 heteroatoms. The highest BCUT2D eigenvalue weighted by Gasteiger charge is 2.41. The average molecular weight is 243 g/mol. The van der Waals surface area contributed by atoms with Gasteiger partial charge in [-0.1, -0.05) is 6.92 Å². The molecule has 2 unspecified atom stereocenters. The zero-order valence-electron chi connectivity index (χ0n) is 10.8.